The van der Waals surface area contributed by atoms with E-state index in [9.17, 15) is 0 Å². The van der Waals surface area contributed by atoms with Crippen molar-refractivity contribution in [3.8, 4) is 0 Å². The molecule has 1 saturated carbocycles. The van der Waals surface area contributed by atoms with E-state index >= 15 is 0 Å². The Bertz CT molecular complexity index is 308. The summed E-state index contributed by atoms with van der Waals surface area (Å²) in [4.78, 5) is 0. The summed E-state index contributed by atoms with van der Waals surface area (Å²) in [6.07, 6.45) is 2.29. The third-order valence-corrected chi connectivity index (χ3v) is 3.53. The van der Waals surface area contributed by atoms with Crippen molar-refractivity contribution < 1.29 is 5.11 Å². The van der Waals surface area contributed by atoms with Gasteiger partial charge in [0.25, 0.3) is 0 Å². The molecule has 0 spiro atoms. The molecule has 1 fully saturated rings. The fourth-order valence-corrected chi connectivity index (χ4v) is 2.24. The molecule has 2 heteroatoms. The summed E-state index contributed by atoms with van der Waals surface area (Å²) in [5, 5.41) is 12.5. The van der Waals surface area contributed by atoms with Crippen LogP contribution in [0.25, 0.3) is 0 Å². The van der Waals surface area contributed by atoms with Crippen LogP contribution in [-0.2, 0) is 0 Å². The van der Waals surface area contributed by atoms with Crippen molar-refractivity contribution in [2.24, 2.45) is 5.92 Å². The van der Waals surface area contributed by atoms with E-state index in [0.29, 0.717) is 0 Å². The second kappa shape index (κ2) is 5.46. The van der Waals surface area contributed by atoms with Crippen molar-refractivity contribution >= 4 is 0 Å². The van der Waals surface area contributed by atoms with Gasteiger partial charge in [0.1, 0.15) is 0 Å². The molecule has 1 aliphatic carbocycles. The normalized spacial score (nSPS) is 25.4. The number of hydrogen-bond acceptors (Lipinski definition) is 2. The predicted molar refractivity (Wildman–Crippen MR) is 66.5 cm³/mol. The van der Waals surface area contributed by atoms with E-state index in [1.807, 2.05) is 0 Å². The van der Waals surface area contributed by atoms with Crippen LogP contribution in [0.2, 0.25) is 0 Å². The first-order valence-corrected chi connectivity index (χ1v) is 6.24. The average molecular weight is 219 g/mol. The molecule has 0 aromatic heterocycles. The van der Waals surface area contributed by atoms with Crippen LogP contribution in [0.3, 0.4) is 0 Å². The number of nitrogens with one attached hydrogen (secondary N) is 1. The molecule has 16 heavy (non-hydrogen) atoms. The molecule has 3 atom stereocenters. The quantitative estimate of drug-likeness (QED) is 0.768. The van der Waals surface area contributed by atoms with Gasteiger partial charge < -0.3 is 10.4 Å². The first-order chi connectivity index (χ1) is 7.85. The third kappa shape index (κ3) is 2.83. The topological polar surface area (TPSA) is 32.3 Å². The van der Waals surface area contributed by atoms with Gasteiger partial charge in [0.05, 0.1) is 6.61 Å². The first-order valence-electron chi connectivity index (χ1n) is 6.24. The smallest absolute Gasteiger partial charge is 0.0584 e. The molecular formula is C14H21NO. The maximum atomic E-state index is 9.08. The third-order valence-electron chi connectivity index (χ3n) is 3.53. The van der Waals surface area contributed by atoms with Crippen LogP contribution in [0.15, 0.2) is 30.3 Å². The van der Waals surface area contributed by atoms with Crippen LogP contribution in [-0.4, -0.2) is 24.3 Å². The van der Waals surface area contributed by atoms with Crippen molar-refractivity contribution in [1.29, 1.82) is 0 Å². The molecule has 0 aliphatic heterocycles. The van der Waals surface area contributed by atoms with Crippen LogP contribution >= 0.6 is 0 Å². The molecule has 2 nitrogen and oxygen atoms in total. The molecule has 1 aromatic carbocycles. The number of benzene rings is 1. The molecule has 0 amide bonds. The van der Waals surface area contributed by atoms with Gasteiger partial charge in [-0.2, -0.15) is 0 Å². The van der Waals surface area contributed by atoms with Crippen LogP contribution in [0, 0.1) is 5.92 Å². The van der Waals surface area contributed by atoms with E-state index < -0.39 is 0 Å². The minimum atomic E-state index is 0.249. The Balaban J connectivity index is 1.75. The Kier molecular flexibility index (Phi) is 3.97. The lowest BCUT2D eigenvalue weighted by Gasteiger charge is -2.13. The largest absolute Gasteiger partial charge is 0.395 e. The van der Waals surface area contributed by atoms with Crippen molar-refractivity contribution in [3.63, 3.8) is 0 Å². The van der Waals surface area contributed by atoms with Gasteiger partial charge in [0, 0.05) is 6.04 Å². The Hall–Kier alpha value is -0.860. The molecule has 1 aliphatic rings. The zero-order valence-electron chi connectivity index (χ0n) is 9.89. The van der Waals surface area contributed by atoms with Gasteiger partial charge in [-0.3, -0.25) is 0 Å². The highest BCUT2D eigenvalue weighted by molar-refractivity contribution is 5.25. The van der Waals surface area contributed by atoms with Crippen molar-refractivity contribution in [2.45, 2.75) is 31.7 Å². The zero-order chi connectivity index (χ0) is 11.4. The summed E-state index contributed by atoms with van der Waals surface area (Å²) in [5.74, 6) is 1.51. The minimum Gasteiger partial charge on any atom is -0.395 e. The van der Waals surface area contributed by atoms with E-state index in [0.717, 1.165) is 24.8 Å². The molecule has 0 radical (unpaired) electrons. The number of hydrogen-bond donors (Lipinski definition) is 2. The molecule has 2 N–H and O–H groups in total. The number of aliphatic hydroxyl groups excluding tert-OH is 1. The Labute approximate surface area is 97.7 Å². The summed E-state index contributed by atoms with van der Waals surface area (Å²) < 4.78 is 0. The average Bonchev–Trinajstić information content (AvgIpc) is 3.11. The molecule has 1 aromatic rings. The SMILES string of the molecule is CC[C@H](CO)NCC1CC1c1ccccc1. The van der Waals surface area contributed by atoms with Gasteiger partial charge >= 0.3 is 0 Å². The molecule has 0 saturated heterocycles. The second-order valence-corrected chi connectivity index (χ2v) is 4.71. The molecule has 88 valence electrons. The number of aliphatic hydroxyl groups is 1. The fourth-order valence-electron chi connectivity index (χ4n) is 2.24. The van der Waals surface area contributed by atoms with Crippen molar-refractivity contribution in [2.75, 3.05) is 13.2 Å². The van der Waals surface area contributed by atoms with Gasteiger partial charge in [-0.25, -0.2) is 0 Å². The lowest BCUT2D eigenvalue weighted by atomic mass is 10.1. The first kappa shape index (κ1) is 11.6. The Morgan fingerprint density at radius 2 is 2.12 bits per heavy atom. The summed E-state index contributed by atoms with van der Waals surface area (Å²) in [7, 11) is 0. The van der Waals surface area contributed by atoms with Crippen LogP contribution in [0.5, 0.6) is 0 Å². The second-order valence-electron chi connectivity index (χ2n) is 4.71. The summed E-state index contributed by atoms with van der Waals surface area (Å²) in [5.41, 5.74) is 1.46. The molecule has 0 heterocycles. The van der Waals surface area contributed by atoms with E-state index in [4.69, 9.17) is 5.11 Å². The molecule has 2 unspecified atom stereocenters. The highest BCUT2D eigenvalue weighted by Crippen LogP contribution is 2.46. The zero-order valence-corrected chi connectivity index (χ0v) is 9.89. The lowest BCUT2D eigenvalue weighted by molar-refractivity contribution is 0.238. The minimum absolute atomic E-state index is 0.249. The summed E-state index contributed by atoms with van der Waals surface area (Å²) in [6.45, 7) is 3.40. The van der Waals surface area contributed by atoms with Gasteiger partial charge in [-0.05, 0) is 36.8 Å². The Morgan fingerprint density at radius 1 is 1.38 bits per heavy atom. The predicted octanol–water partition coefficient (Wildman–Crippen LogP) is 2.15. The maximum Gasteiger partial charge on any atom is 0.0584 e. The lowest BCUT2D eigenvalue weighted by Crippen LogP contribution is -2.33. The fraction of sp³-hybridized carbons (Fsp3) is 0.571. The number of rotatable bonds is 6. The van der Waals surface area contributed by atoms with Crippen LogP contribution in [0.1, 0.15) is 31.2 Å². The monoisotopic (exact) mass is 219 g/mol. The summed E-state index contributed by atoms with van der Waals surface area (Å²) in [6, 6.07) is 11.0. The van der Waals surface area contributed by atoms with Gasteiger partial charge in [0.2, 0.25) is 0 Å². The van der Waals surface area contributed by atoms with Crippen molar-refractivity contribution in [1.82, 2.24) is 5.32 Å². The maximum absolute atomic E-state index is 9.08. The van der Waals surface area contributed by atoms with Crippen molar-refractivity contribution in [3.05, 3.63) is 35.9 Å². The molecular weight excluding hydrogens is 198 g/mol. The van der Waals surface area contributed by atoms with Gasteiger partial charge in [0.15, 0.2) is 0 Å². The van der Waals surface area contributed by atoms with E-state index in [1.54, 1.807) is 0 Å². The van der Waals surface area contributed by atoms with Gasteiger partial charge in [-0.15, -0.1) is 0 Å². The highest BCUT2D eigenvalue weighted by Gasteiger charge is 2.37. The van der Waals surface area contributed by atoms with Crippen LogP contribution in [0.4, 0.5) is 0 Å². The molecule has 0 bridgehead atoms. The Morgan fingerprint density at radius 3 is 2.75 bits per heavy atom. The van der Waals surface area contributed by atoms with Gasteiger partial charge in [-0.1, -0.05) is 37.3 Å². The highest BCUT2D eigenvalue weighted by atomic mass is 16.3. The standard InChI is InChI=1S/C14H21NO/c1-2-13(10-16)15-9-12-8-14(12)11-6-4-3-5-7-11/h3-7,12-16H,2,8-10H2,1H3/t12?,13-,14?/m1/s1. The van der Waals surface area contributed by atoms with E-state index in [-0.39, 0.29) is 12.6 Å². The molecule has 2 rings (SSSR count). The van der Waals surface area contributed by atoms with E-state index in [1.165, 1.54) is 12.0 Å². The summed E-state index contributed by atoms with van der Waals surface area (Å²) >= 11 is 0. The van der Waals surface area contributed by atoms with Crippen LogP contribution < -0.4 is 5.32 Å². The van der Waals surface area contributed by atoms with E-state index in [2.05, 4.69) is 42.6 Å².